The second-order valence-electron chi connectivity index (χ2n) is 7.14. The van der Waals surface area contributed by atoms with E-state index in [4.69, 9.17) is 12.2 Å². The number of hydrazine groups is 1. The van der Waals surface area contributed by atoms with Crippen molar-refractivity contribution in [2.45, 2.75) is 25.8 Å². The highest BCUT2D eigenvalue weighted by atomic mass is 32.1. The molecular formula is C22H24N4O3S. The van der Waals surface area contributed by atoms with E-state index in [1.165, 1.54) is 0 Å². The Morgan fingerprint density at radius 1 is 0.967 bits per heavy atom. The maximum Gasteiger partial charge on any atom is 0.243 e. The van der Waals surface area contributed by atoms with Crippen molar-refractivity contribution >= 4 is 35.1 Å². The fraction of sp³-hybridized carbons (Fsp3) is 0.273. The predicted molar refractivity (Wildman–Crippen MR) is 117 cm³/mol. The fourth-order valence-corrected chi connectivity index (χ4v) is 3.41. The van der Waals surface area contributed by atoms with Gasteiger partial charge in [-0.1, -0.05) is 60.7 Å². The van der Waals surface area contributed by atoms with Gasteiger partial charge in [-0.15, -0.1) is 0 Å². The summed E-state index contributed by atoms with van der Waals surface area (Å²) in [6.45, 7) is 0.824. The lowest BCUT2D eigenvalue weighted by atomic mass is 10.1. The number of benzene rings is 2. The average molecular weight is 425 g/mol. The Labute approximate surface area is 180 Å². The van der Waals surface area contributed by atoms with Gasteiger partial charge in [-0.2, -0.15) is 0 Å². The van der Waals surface area contributed by atoms with E-state index >= 15 is 0 Å². The molecule has 3 rings (SSSR count). The Morgan fingerprint density at radius 2 is 1.60 bits per heavy atom. The van der Waals surface area contributed by atoms with E-state index in [2.05, 4.69) is 16.2 Å². The summed E-state index contributed by atoms with van der Waals surface area (Å²) in [5.74, 6) is -1.10. The fourth-order valence-electron chi connectivity index (χ4n) is 3.25. The van der Waals surface area contributed by atoms with Crippen molar-refractivity contribution in [2.75, 3.05) is 6.54 Å². The Balaban J connectivity index is 1.38. The van der Waals surface area contributed by atoms with Gasteiger partial charge in [0.1, 0.15) is 0 Å². The van der Waals surface area contributed by atoms with E-state index < -0.39 is 5.92 Å². The molecule has 0 saturated carbocycles. The summed E-state index contributed by atoms with van der Waals surface area (Å²) in [6, 6.07) is 19.3. The van der Waals surface area contributed by atoms with Gasteiger partial charge >= 0.3 is 0 Å². The molecule has 30 heavy (non-hydrogen) atoms. The number of aryl methyl sites for hydroxylation is 1. The summed E-state index contributed by atoms with van der Waals surface area (Å²) in [4.78, 5) is 38.2. The predicted octanol–water partition coefficient (Wildman–Crippen LogP) is 1.69. The first-order chi connectivity index (χ1) is 14.5. The number of thiocarbonyl (C=S) groups is 1. The molecule has 0 aliphatic carbocycles. The van der Waals surface area contributed by atoms with Crippen LogP contribution in [0.2, 0.25) is 0 Å². The smallest absolute Gasteiger partial charge is 0.243 e. The van der Waals surface area contributed by atoms with Crippen LogP contribution in [0.1, 0.15) is 24.0 Å². The maximum absolute atomic E-state index is 12.4. The first kappa shape index (κ1) is 21.4. The molecule has 0 radical (unpaired) electrons. The lowest BCUT2D eigenvalue weighted by Crippen LogP contribution is -2.50. The quantitative estimate of drug-likeness (QED) is 0.485. The number of hydrogen-bond acceptors (Lipinski definition) is 4. The zero-order valence-corrected chi connectivity index (χ0v) is 17.3. The van der Waals surface area contributed by atoms with Crippen molar-refractivity contribution in [3.63, 3.8) is 0 Å². The summed E-state index contributed by atoms with van der Waals surface area (Å²) in [5, 5.41) is 2.56. The maximum atomic E-state index is 12.4. The van der Waals surface area contributed by atoms with Crippen LogP contribution in [0.4, 0.5) is 0 Å². The Hall–Kier alpha value is -3.26. The molecule has 1 unspecified atom stereocenters. The van der Waals surface area contributed by atoms with Gasteiger partial charge in [0.15, 0.2) is 5.11 Å². The zero-order chi connectivity index (χ0) is 21.3. The number of carbonyl (C=O) groups excluding carboxylic acids is 3. The molecule has 8 heteroatoms. The molecule has 0 spiro atoms. The first-order valence-electron chi connectivity index (χ1n) is 9.76. The third kappa shape index (κ3) is 6.38. The summed E-state index contributed by atoms with van der Waals surface area (Å²) >= 11 is 5.05. The van der Waals surface area contributed by atoms with Gasteiger partial charge < -0.3 is 10.2 Å². The molecule has 3 N–H and O–H groups in total. The molecule has 1 aliphatic heterocycles. The van der Waals surface area contributed by atoms with E-state index in [1.54, 1.807) is 4.90 Å². The van der Waals surface area contributed by atoms with E-state index in [1.807, 2.05) is 60.7 Å². The monoisotopic (exact) mass is 424 g/mol. The Morgan fingerprint density at radius 3 is 2.27 bits per heavy atom. The van der Waals surface area contributed by atoms with E-state index in [-0.39, 0.29) is 35.7 Å². The second-order valence-corrected chi connectivity index (χ2v) is 7.55. The number of nitrogens with one attached hydrogen (secondary N) is 3. The summed E-state index contributed by atoms with van der Waals surface area (Å²) < 4.78 is 0. The van der Waals surface area contributed by atoms with Crippen LogP contribution in [0.5, 0.6) is 0 Å². The van der Waals surface area contributed by atoms with Crippen LogP contribution < -0.4 is 16.2 Å². The molecule has 1 aliphatic rings. The number of amides is 3. The molecule has 2 aromatic rings. The topological polar surface area (TPSA) is 90.5 Å². The number of carbonyl (C=O) groups is 3. The van der Waals surface area contributed by atoms with Crippen molar-refractivity contribution in [1.82, 2.24) is 21.1 Å². The van der Waals surface area contributed by atoms with E-state index in [0.717, 1.165) is 11.1 Å². The molecule has 1 saturated heterocycles. The third-order valence-corrected chi connectivity index (χ3v) is 5.04. The molecule has 7 nitrogen and oxygen atoms in total. The van der Waals surface area contributed by atoms with Crippen LogP contribution in [0, 0.1) is 5.92 Å². The first-order valence-corrected chi connectivity index (χ1v) is 10.2. The molecule has 3 amide bonds. The van der Waals surface area contributed by atoms with Crippen molar-refractivity contribution in [3.8, 4) is 0 Å². The highest BCUT2D eigenvalue weighted by molar-refractivity contribution is 7.80. The lowest BCUT2D eigenvalue weighted by molar-refractivity contribution is -0.129. The van der Waals surface area contributed by atoms with Crippen molar-refractivity contribution in [3.05, 3.63) is 71.8 Å². The Bertz CT molecular complexity index is 905. The molecule has 156 valence electrons. The molecular weight excluding hydrogens is 400 g/mol. The minimum Gasteiger partial charge on any atom is -0.338 e. The molecule has 1 heterocycles. The van der Waals surface area contributed by atoms with Crippen molar-refractivity contribution in [2.24, 2.45) is 5.92 Å². The molecule has 0 aromatic heterocycles. The highest BCUT2D eigenvalue weighted by Crippen LogP contribution is 2.20. The minimum atomic E-state index is -0.467. The van der Waals surface area contributed by atoms with Crippen LogP contribution in [-0.2, 0) is 27.3 Å². The summed E-state index contributed by atoms with van der Waals surface area (Å²) in [5.41, 5.74) is 7.10. The molecule has 2 aromatic carbocycles. The zero-order valence-electron chi connectivity index (χ0n) is 16.5. The number of rotatable bonds is 6. The molecule has 1 atom stereocenters. The minimum absolute atomic E-state index is 0.0203. The summed E-state index contributed by atoms with van der Waals surface area (Å²) in [7, 11) is 0. The normalized spacial score (nSPS) is 15.5. The van der Waals surface area contributed by atoms with Crippen LogP contribution in [0.3, 0.4) is 0 Å². The SMILES string of the molecule is O=C(CCc1ccccc1)NC(=S)NNC(=O)C1CC(=O)N(Cc2ccccc2)C1. The van der Waals surface area contributed by atoms with Crippen LogP contribution >= 0.6 is 12.2 Å². The van der Waals surface area contributed by atoms with Crippen molar-refractivity contribution in [1.29, 1.82) is 0 Å². The van der Waals surface area contributed by atoms with Gasteiger partial charge in [-0.05, 0) is 29.8 Å². The Kier molecular flexibility index (Phi) is 7.51. The average Bonchev–Trinajstić information content (AvgIpc) is 3.12. The summed E-state index contributed by atoms with van der Waals surface area (Å²) in [6.07, 6.45) is 1.03. The lowest BCUT2D eigenvalue weighted by Gasteiger charge is -2.17. The van der Waals surface area contributed by atoms with Gasteiger partial charge in [-0.25, -0.2) is 0 Å². The second kappa shape index (κ2) is 10.5. The largest absolute Gasteiger partial charge is 0.338 e. The standard InChI is InChI=1S/C22H24N4O3S/c27-19(12-11-16-7-3-1-4-8-16)23-22(30)25-24-21(29)18-13-20(28)26(15-18)14-17-9-5-2-6-10-17/h1-10,18H,11-15H2,(H,24,29)(H2,23,25,27,30). The molecule has 0 bridgehead atoms. The third-order valence-electron chi connectivity index (χ3n) is 4.84. The van der Waals surface area contributed by atoms with E-state index in [0.29, 0.717) is 19.5 Å². The van der Waals surface area contributed by atoms with Crippen LogP contribution in [0.15, 0.2) is 60.7 Å². The van der Waals surface area contributed by atoms with Gasteiger partial charge in [0.2, 0.25) is 17.7 Å². The van der Waals surface area contributed by atoms with E-state index in [9.17, 15) is 14.4 Å². The number of likely N-dealkylation sites (tertiary alicyclic amines) is 1. The molecule has 1 fully saturated rings. The number of nitrogens with zero attached hydrogens (tertiary/aromatic N) is 1. The van der Waals surface area contributed by atoms with Crippen molar-refractivity contribution < 1.29 is 14.4 Å². The number of hydrogen-bond donors (Lipinski definition) is 3. The van der Waals surface area contributed by atoms with Gasteiger partial charge in [0.05, 0.1) is 5.92 Å². The van der Waals surface area contributed by atoms with Crippen LogP contribution in [-0.4, -0.2) is 34.3 Å². The van der Waals surface area contributed by atoms with Crippen LogP contribution in [0.25, 0.3) is 0 Å². The van der Waals surface area contributed by atoms with Gasteiger partial charge in [0, 0.05) is 25.9 Å². The van der Waals surface area contributed by atoms with Gasteiger partial charge in [0.25, 0.3) is 0 Å². The highest BCUT2D eigenvalue weighted by Gasteiger charge is 2.34. The van der Waals surface area contributed by atoms with Gasteiger partial charge in [-0.3, -0.25) is 25.2 Å².